The summed E-state index contributed by atoms with van der Waals surface area (Å²) in [4.78, 5) is 51.6. The van der Waals surface area contributed by atoms with Gasteiger partial charge in [-0.1, -0.05) is 35.3 Å². The van der Waals surface area contributed by atoms with E-state index in [1.165, 1.54) is 12.1 Å². The topological polar surface area (TPSA) is 105 Å². The van der Waals surface area contributed by atoms with Crippen LogP contribution in [0.25, 0.3) is 0 Å². The molecule has 0 spiro atoms. The number of nitrogens with zero attached hydrogens (tertiary/aromatic N) is 1. The fraction of sp³-hybridized carbons (Fsp3) is 0.143. The lowest BCUT2D eigenvalue weighted by Gasteiger charge is -2.16. The van der Waals surface area contributed by atoms with Crippen molar-refractivity contribution in [1.82, 2.24) is 0 Å². The molecular formula is C28H23Cl2N3O5. The number of halogens is 2. The summed E-state index contributed by atoms with van der Waals surface area (Å²) in [6, 6.07) is 17.5. The molecule has 0 aromatic heterocycles. The van der Waals surface area contributed by atoms with Gasteiger partial charge in [0.15, 0.2) is 0 Å². The maximum atomic E-state index is 13.1. The Labute approximate surface area is 229 Å². The van der Waals surface area contributed by atoms with E-state index in [0.29, 0.717) is 27.6 Å². The lowest BCUT2D eigenvalue weighted by molar-refractivity contribution is -0.120. The Kier molecular flexibility index (Phi) is 7.85. The number of imide groups is 1. The molecule has 0 atom stereocenters. The van der Waals surface area contributed by atoms with Crippen molar-refractivity contribution in [2.24, 2.45) is 0 Å². The molecule has 0 saturated carbocycles. The molecule has 1 aliphatic rings. The average molecular weight is 552 g/mol. The van der Waals surface area contributed by atoms with Crippen molar-refractivity contribution in [2.45, 2.75) is 26.9 Å². The van der Waals surface area contributed by atoms with E-state index in [4.69, 9.17) is 27.9 Å². The molecule has 3 amide bonds. The molecule has 0 saturated heterocycles. The SMILES string of the molecule is Cc1ccc(N2C(=O)C(Cl)=C(Nc3cccc(C(=O)Nc4ccc(C(=O)OC(C)C)cc4)c3)C2=O)cc1Cl. The van der Waals surface area contributed by atoms with Crippen LogP contribution in [0, 0.1) is 6.92 Å². The lowest BCUT2D eigenvalue weighted by Crippen LogP contribution is -2.32. The van der Waals surface area contributed by atoms with E-state index in [-0.39, 0.29) is 22.4 Å². The predicted octanol–water partition coefficient (Wildman–Crippen LogP) is 5.90. The molecule has 2 N–H and O–H groups in total. The summed E-state index contributed by atoms with van der Waals surface area (Å²) in [6.45, 7) is 5.33. The molecule has 4 rings (SSSR count). The molecule has 0 fully saturated rings. The molecule has 0 aliphatic carbocycles. The first kappa shape index (κ1) is 26.9. The van der Waals surface area contributed by atoms with Crippen molar-refractivity contribution in [3.05, 3.63) is 99.2 Å². The van der Waals surface area contributed by atoms with E-state index >= 15 is 0 Å². The van der Waals surface area contributed by atoms with E-state index in [2.05, 4.69) is 10.6 Å². The highest BCUT2D eigenvalue weighted by molar-refractivity contribution is 6.53. The Balaban J connectivity index is 1.47. The quantitative estimate of drug-likeness (QED) is 0.279. The largest absolute Gasteiger partial charge is 0.459 e. The zero-order valence-electron chi connectivity index (χ0n) is 20.7. The monoisotopic (exact) mass is 551 g/mol. The van der Waals surface area contributed by atoms with Crippen LogP contribution in [0.3, 0.4) is 0 Å². The van der Waals surface area contributed by atoms with Crippen LogP contribution < -0.4 is 15.5 Å². The number of hydrogen-bond acceptors (Lipinski definition) is 6. The predicted molar refractivity (Wildman–Crippen MR) is 147 cm³/mol. The summed E-state index contributed by atoms with van der Waals surface area (Å²) in [6.07, 6.45) is -0.241. The van der Waals surface area contributed by atoms with Crippen LogP contribution in [0.4, 0.5) is 17.1 Å². The van der Waals surface area contributed by atoms with Gasteiger partial charge in [0, 0.05) is 22.0 Å². The highest BCUT2D eigenvalue weighted by Gasteiger charge is 2.39. The number of anilines is 3. The molecule has 10 heteroatoms. The zero-order chi connectivity index (χ0) is 27.6. The third-order valence-electron chi connectivity index (χ3n) is 5.56. The third kappa shape index (κ3) is 5.72. The summed E-state index contributed by atoms with van der Waals surface area (Å²) < 4.78 is 5.16. The van der Waals surface area contributed by atoms with Gasteiger partial charge < -0.3 is 15.4 Å². The van der Waals surface area contributed by atoms with Gasteiger partial charge in [-0.3, -0.25) is 14.4 Å². The maximum absolute atomic E-state index is 13.1. The Morgan fingerprint density at radius 2 is 1.58 bits per heavy atom. The van der Waals surface area contributed by atoms with Crippen LogP contribution in [0.5, 0.6) is 0 Å². The molecule has 38 heavy (non-hydrogen) atoms. The van der Waals surface area contributed by atoms with Crippen LogP contribution >= 0.6 is 23.2 Å². The molecule has 8 nitrogen and oxygen atoms in total. The lowest BCUT2D eigenvalue weighted by atomic mass is 10.1. The molecular weight excluding hydrogens is 529 g/mol. The first-order valence-corrected chi connectivity index (χ1v) is 12.3. The van der Waals surface area contributed by atoms with E-state index < -0.39 is 23.7 Å². The number of aryl methyl sites for hydroxylation is 1. The average Bonchev–Trinajstić information content (AvgIpc) is 3.09. The molecule has 3 aromatic carbocycles. The van der Waals surface area contributed by atoms with Gasteiger partial charge >= 0.3 is 5.97 Å². The van der Waals surface area contributed by atoms with Crippen LogP contribution in [0.2, 0.25) is 5.02 Å². The first-order chi connectivity index (χ1) is 18.0. The molecule has 0 bridgehead atoms. The van der Waals surface area contributed by atoms with E-state index in [0.717, 1.165) is 10.5 Å². The first-order valence-electron chi connectivity index (χ1n) is 11.6. The van der Waals surface area contributed by atoms with Crippen molar-refractivity contribution >= 4 is 64.0 Å². The fourth-order valence-electron chi connectivity index (χ4n) is 3.62. The number of amides is 3. The summed E-state index contributed by atoms with van der Waals surface area (Å²) in [5.41, 5.74) is 2.48. The minimum Gasteiger partial charge on any atom is -0.459 e. The number of rotatable bonds is 7. The number of carbonyl (C=O) groups is 4. The molecule has 1 aliphatic heterocycles. The van der Waals surface area contributed by atoms with Crippen LogP contribution in [0.15, 0.2) is 77.5 Å². The molecule has 1 heterocycles. The van der Waals surface area contributed by atoms with Crippen molar-refractivity contribution < 1.29 is 23.9 Å². The van der Waals surface area contributed by atoms with Crippen molar-refractivity contribution in [1.29, 1.82) is 0 Å². The van der Waals surface area contributed by atoms with Crippen LogP contribution in [0.1, 0.15) is 40.1 Å². The molecule has 194 valence electrons. The van der Waals surface area contributed by atoms with Crippen LogP contribution in [-0.2, 0) is 14.3 Å². The van der Waals surface area contributed by atoms with Crippen molar-refractivity contribution in [3.8, 4) is 0 Å². The summed E-state index contributed by atoms with van der Waals surface area (Å²) in [5.74, 6) is -2.20. The minimum absolute atomic E-state index is 0.116. The molecule has 0 unspecified atom stereocenters. The van der Waals surface area contributed by atoms with Gasteiger partial charge in [-0.05, 0) is 80.9 Å². The van der Waals surface area contributed by atoms with E-state index in [1.807, 2.05) is 0 Å². The normalized spacial score (nSPS) is 13.3. The number of esters is 1. The highest BCUT2D eigenvalue weighted by Crippen LogP contribution is 2.32. The van der Waals surface area contributed by atoms with Gasteiger partial charge in [-0.15, -0.1) is 0 Å². The summed E-state index contributed by atoms with van der Waals surface area (Å²) in [7, 11) is 0. The van der Waals surface area contributed by atoms with Crippen molar-refractivity contribution in [3.63, 3.8) is 0 Å². The minimum atomic E-state index is -0.686. The second kappa shape index (κ2) is 11.1. The number of hydrogen-bond donors (Lipinski definition) is 2. The van der Waals surface area contributed by atoms with E-state index in [1.54, 1.807) is 75.4 Å². The zero-order valence-corrected chi connectivity index (χ0v) is 22.2. The second-order valence-electron chi connectivity index (χ2n) is 8.76. The maximum Gasteiger partial charge on any atom is 0.338 e. The Morgan fingerprint density at radius 3 is 2.24 bits per heavy atom. The fourth-order valence-corrected chi connectivity index (χ4v) is 4.01. The van der Waals surface area contributed by atoms with Gasteiger partial charge in [0.05, 0.1) is 17.4 Å². The van der Waals surface area contributed by atoms with Gasteiger partial charge in [-0.2, -0.15) is 0 Å². The van der Waals surface area contributed by atoms with E-state index in [9.17, 15) is 19.2 Å². The Hall–Kier alpha value is -4.14. The highest BCUT2D eigenvalue weighted by atomic mass is 35.5. The Bertz CT molecular complexity index is 1480. The number of ether oxygens (including phenoxy) is 1. The van der Waals surface area contributed by atoms with Gasteiger partial charge in [0.2, 0.25) is 0 Å². The van der Waals surface area contributed by atoms with Crippen molar-refractivity contribution in [2.75, 3.05) is 15.5 Å². The summed E-state index contributed by atoms with van der Waals surface area (Å²) >= 11 is 12.4. The number of benzene rings is 3. The van der Waals surface area contributed by atoms with Crippen LogP contribution in [-0.4, -0.2) is 29.8 Å². The second-order valence-corrected chi connectivity index (χ2v) is 9.54. The number of nitrogens with one attached hydrogen (secondary N) is 2. The Morgan fingerprint density at radius 1 is 0.868 bits per heavy atom. The summed E-state index contributed by atoms with van der Waals surface area (Å²) in [5, 5.41) is 5.74. The van der Waals surface area contributed by atoms with Gasteiger partial charge in [0.1, 0.15) is 10.7 Å². The molecule has 0 radical (unpaired) electrons. The molecule has 3 aromatic rings. The van der Waals surface area contributed by atoms with Gasteiger partial charge in [0.25, 0.3) is 17.7 Å². The standard InChI is InChI=1S/C28H23Cl2N3O5/c1-15(2)38-28(37)17-8-10-19(11-9-17)32-25(34)18-5-4-6-20(13-18)31-24-23(30)26(35)33(27(24)36)21-12-7-16(3)22(29)14-21/h4-15,31H,1-3H3,(H,32,34). The van der Waals surface area contributed by atoms with Gasteiger partial charge in [-0.25, -0.2) is 9.69 Å². The third-order valence-corrected chi connectivity index (χ3v) is 6.31. The smallest absolute Gasteiger partial charge is 0.338 e. The number of carbonyl (C=O) groups excluding carboxylic acids is 4.